The Bertz CT molecular complexity index is 1200. The Morgan fingerprint density at radius 3 is 2.44 bits per heavy atom. The van der Waals surface area contributed by atoms with Gasteiger partial charge in [-0.3, -0.25) is 9.69 Å². The smallest absolute Gasteiger partial charge is 0.266 e. The molecule has 2 heterocycles. The second kappa shape index (κ2) is 8.33. The average Bonchev–Trinajstić information content (AvgIpc) is 3.04. The van der Waals surface area contributed by atoms with Crippen LogP contribution in [0, 0.1) is 12.7 Å². The highest BCUT2D eigenvalue weighted by Crippen LogP contribution is 2.42. The molecule has 1 aliphatic heterocycles. The molecule has 9 heteroatoms. The molecule has 32 heavy (non-hydrogen) atoms. The molecule has 0 saturated carbocycles. The lowest BCUT2D eigenvalue weighted by molar-refractivity contribution is -0.129. The Labute approximate surface area is 183 Å². The van der Waals surface area contributed by atoms with E-state index < -0.39 is 18.0 Å². The second-order valence-electron chi connectivity index (χ2n) is 7.38. The Balaban J connectivity index is 1.91. The van der Waals surface area contributed by atoms with Crippen LogP contribution in [0.3, 0.4) is 0 Å². The summed E-state index contributed by atoms with van der Waals surface area (Å²) in [5.74, 6) is -0.327. The lowest BCUT2D eigenvalue weighted by Crippen LogP contribution is -2.41. The van der Waals surface area contributed by atoms with Gasteiger partial charge in [-0.1, -0.05) is 12.1 Å². The molecular weight excluding hydrogens is 416 g/mol. The lowest BCUT2D eigenvalue weighted by Gasteiger charge is -2.27. The molecule has 0 aliphatic carbocycles. The lowest BCUT2D eigenvalue weighted by atomic mass is 9.81. The molecule has 1 aliphatic rings. The molecule has 0 fully saturated rings. The van der Waals surface area contributed by atoms with Gasteiger partial charge in [-0.25, -0.2) is 23.7 Å². The van der Waals surface area contributed by atoms with E-state index in [-0.39, 0.29) is 24.0 Å². The third-order valence-electron chi connectivity index (χ3n) is 5.42. The zero-order chi connectivity index (χ0) is 22.9. The Hall–Kier alpha value is -3.88. The summed E-state index contributed by atoms with van der Waals surface area (Å²) in [7, 11) is 1.53. The summed E-state index contributed by atoms with van der Waals surface area (Å²) in [6.45, 7) is 1.10. The van der Waals surface area contributed by atoms with Crippen molar-refractivity contribution in [1.29, 1.82) is 0 Å². The van der Waals surface area contributed by atoms with E-state index in [2.05, 4.69) is 15.0 Å². The summed E-state index contributed by atoms with van der Waals surface area (Å²) in [6.07, 6.45) is 4.33. The predicted octanol–water partition coefficient (Wildman–Crippen LogP) is 2.97. The van der Waals surface area contributed by atoms with Gasteiger partial charge in [-0.2, -0.15) is 0 Å². The van der Waals surface area contributed by atoms with Gasteiger partial charge in [0.2, 0.25) is 0 Å². The molecular formula is C23H21F2N5O2. The normalized spacial score (nSPS) is 18.1. The van der Waals surface area contributed by atoms with Crippen LogP contribution in [0.1, 0.15) is 16.7 Å². The summed E-state index contributed by atoms with van der Waals surface area (Å²) < 4.78 is 32.6. The Morgan fingerprint density at radius 2 is 1.81 bits per heavy atom. The fourth-order valence-electron chi connectivity index (χ4n) is 3.78. The number of aliphatic imine (C=N–C) groups is 1. The maximum absolute atomic E-state index is 14.7. The number of ether oxygens (including phenoxy) is 1. The highest BCUT2D eigenvalue weighted by atomic mass is 19.1. The van der Waals surface area contributed by atoms with Crippen molar-refractivity contribution in [2.75, 3.05) is 20.3 Å². The van der Waals surface area contributed by atoms with Crippen molar-refractivity contribution in [3.8, 4) is 16.9 Å². The van der Waals surface area contributed by atoms with E-state index in [1.807, 2.05) is 0 Å². The number of halogens is 2. The number of likely N-dealkylation sites (N-methyl/N-ethyl adjacent to an activating group) is 1. The average molecular weight is 437 g/mol. The van der Waals surface area contributed by atoms with Crippen LogP contribution in [0.15, 0.2) is 60.1 Å². The van der Waals surface area contributed by atoms with Crippen molar-refractivity contribution in [3.05, 3.63) is 77.6 Å². The van der Waals surface area contributed by atoms with Crippen LogP contribution >= 0.6 is 0 Å². The molecule has 1 amide bonds. The molecule has 1 atom stereocenters. The number of benzene rings is 2. The zero-order valence-electron chi connectivity index (χ0n) is 17.5. The topological polar surface area (TPSA) is 93.7 Å². The third-order valence-corrected chi connectivity index (χ3v) is 5.42. The first kappa shape index (κ1) is 21.4. The Morgan fingerprint density at radius 1 is 1.12 bits per heavy atom. The van der Waals surface area contributed by atoms with Gasteiger partial charge in [0.15, 0.2) is 11.5 Å². The van der Waals surface area contributed by atoms with Crippen LogP contribution in [0.2, 0.25) is 0 Å². The van der Waals surface area contributed by atoms with Gasteiger partial charge in [0.25, 0.3) is 5.91 Å². The van der Waals surface area contributed by atoms with Crippen LogP contribution < -0.4 is 10.5 Å². The van der Waals surface area contributed by atoms with Gasteiger partial charge in [0, 0.05) is 30.6 Å². The number of rotatable bonds is 6. The first-order valence-corrected chi connectivity index (χ1v) is 9.87. The van der Waals surface area contributed by atoms with Gasteiger partial charge in [0.05, 0.1) is 0 Å². The number of guanidine groups is 1. The monoisotopic (exact) mass is 437 g/mol. The van der Waals surface area contributed by atoms with Gasteiger partial charge >= 0.3 is 0 Å². The molecule has 1 unspecified atom stereocenters. The van der Waals surface area contributed by atoms with Gasteiger partial charge in [0.1, 0.15) is 31.2 Å². The summed E-state index contributed by atoms with van der Waals surface area (Å²) >= 11 is 0. The minimum Gasteiger partial charge on any atom is -0.491 e. The summed E-state index contributed by atoms with van der Waals surface area (Å²) in [5, 5.41) is 0. The van der Waals surface area contributed by atoms with Gasteiger partial charge in [-0.15, -0.1) is 0 Å². The third kappa shape index (κ3) is 3.45. The van der Waals surface area contributed by atoms with Crippen molar-refractivity contribution in [2.24, 2.45) is 10.7 Å². The van der Waals surface area contributed by atoms with Crippen LogP contribution in [0.5, 0.6) is 5.75 Å². The van der Waals surface area contributed by atoms with Crippen LogP contribution in [-0.4, -0.2) is 47.1 Å². The van der Waals surface area contributed by atoms with Crippen LogP contribution in [0.25, 0.3) is 11.1 Å². The minimum atomic E-state index is -1.51. The number of carbonyl (C=O) groups is 1. The molecule has 0 bridgehead atoms. The standard InChI is InChI=1S/C23H21F2N5O2/c1-14-9-16(4-6-20(14)32-8-7-24)23(21(31)30(2)22(26)29-23)17-3-5-19(25)18(10-17)15-11-27-13-28-12-15/h3-6,9-13H,7-8H2,1-2H3,(H2,26,29). The van der Waals surface area contributed by atoms with Crippen LogP contribution in [-0.2, 0) is 10.3 Å². The van der Waals surface area contributed by atoms with Gasteiger partial charge < -0.3 is 10.5 Å². The van der Waals surface area contributed by atoms with Crippen molar-refractivity contribution in [1.82, 2.24) is 14.9 Å². The number of amides is 1. The molecule has 0 radical (unpaired) electrons. The SMILES string of the molecule is Cc1cc(C2(c3ccc(F)c(-c4cncnc4)c3)N=C(N)N(C)C2=O)ccc1OCCF. The van der Waals surface area contributed by atoms with E-state index in [1.54, 1.807) is 31.2 Å². The summed E-state index contributed by atoms with van der Waals surface area (Å²) in [5.41, 5.74) is 6.87. The Kier molecular flexibility index (Phi) is 5.56. The number of hydrogen-bond donors (Lipinski definition) is 1. The fraction of sp³-hybridized carbons (Fsp3) is 0.217. The number of alkyl halides is 1. The molecule has 164 valence electrons. The van der Waals surface area contributed by atoms with E-state index in [9.17, 15) is 13.6 Å². The van der Waals surface area contributed by atoms with Crippen molar-refractivity contribution < 1.29 is 18.3 Å². The van der Waals surface area contributed by atoms with E-state index in [1.165, 1.54) is 42.8 Å². The molecule has 1 aromatic heterocycles. The minimum absolute atomic E-state index is 0.0410. The maximum atomic E-state index is 14.7. The molecule has 2 aromatic carbocycles. The first-order valence-electron chi connectivity index (χ1n) is 9.87. The highest BCUT2D eigenvalue weighted by molar-refractivity contribution is 6.09. The van der Waals surface area contributed by atoms with E-state index in [0.717, 1.165) is 0 Å². The maximum Gasteiger partial charge on any atom is 0.266 e. The number of aromatic nitrogens is 2. The second-order valence-corrected chi connectivity index (χ2v) is 7.38. The van der Waals surface area contributed by atoms with E-state index in [4.69, 9.17) is 10.5 Å². The van der Waals surface area contributed by atoms with E-state index in [0.29, 0.717) is 28.0 Å². The van der Waals surface area contributed by atoms with Crippen molar-refractivity contribution in [3.63, 3.8) is 0 Å². The molecule has 2 N–H and O–H groups in total. The predicted molar refractivity (Wildman–Crippen MR) is 115 cm³/mol. The van der Waals surface area contributed by atoms with Crippen molar-refractivity contribution >= 4 is 11.9 Å². The number of hydrogen-bond acceptors (Lipinski definition) is 6. The van der Waals surface area contributed by atoms with E-state index >= 15 is 0 Å². The molecule has 0 spiro atoms. The van der Waals surface area contributed by atoms with Crippen LogP contribution in [0.4, 0.5) is 8.78 Å². The molecule has 0 saturated heterocycles. The molecule has 4 rings (SSSR count). The number of carbonyl (C=O) groups excluding carboxylic acids is 1. The fourth-order valence-corrected chi connectivity index (χ4v) is 3.78. The zero-order valence-corrected chi connectivity index (χ0v) is 17.5. The molecule has 7 nitrogen and oxygen atoms in total. The molecule has 3 aromatic rings. The highest BCUT2D eigenvalue weighted by Gasteiger charge is 2.49. The summed E-state index contributed by atoms with van der Waals surface area (Å²) in [4.78, 5) is 27.2. The number of nitrogens with two attached hydrogens (primary N) is 1. The van der Waals surface area contributed by atoms with Crippen molar-refractivity contribution in [2.45, 2.75) is 12.5 Å². The largest absolute Gasteiger partial charge is 0.491 e. The first-order chi connectivity index (χ1) is 15.4. The quantitative estimate of drug-likeness (QED) is 0.640. The summed E-state index contributed by atoms with van der Waals surface area (Å²) in [6, 6.07) is 9.44. The number of nitrogens with zero attached hydrogens (tertiary/aromatic N) is 4. The van der Waals surface area contributed by atoms with Gasteiger partial charge in [-0.05, 0) is 47.9 Å². The number of aryl methyl sites for hydroxylation is 1.